The summed E-state index contributed by atoms with van der Waals surface area (Å²) in [5.74, 6) is -2.79. The molecular formula is C31H39N5O5. The number of aromatic nitrogens is 1. The van der Waals surface area contributed by atoms with Crippen LogP contribution in [0.4, 0.5) is 0 Å². The minimum absolute atomic E-state index is 0.0767. The minimum atomic E-state index is -1.20. The topological polar surface area (TPSA) is 152 Å². The smallest absolute Gasteiger partial charge is 0.326 e. The molecule has 0 saturated carbocycles. The van der Waals surface area contributed by atoms with Crippen molar-refractivity contribution in [2.75, 3.05) is 6.54 Å². The van der Waals surface area contributed by atoms with Gasteiger partial charge in [0.1, 0.15) is 18.1 Å². The molecule has 0 spiro atoms. The normalized spacial score (nSPS) is 17.8. The van der Waals surface area contributed by atoms with E-state index in [4.69, 9.17) is 0 Å². The molecule has 2 aromatic carbocycles. The van der Waals surface area contributed by atoms with Crippen molar-refractivity contribution in [3.8, 4) is 0 Å². The molecule has 1 aliphatic heterocycles. The number of carboxylic acid groups (broad SMARTS) is 1. The molecule has 1 aliphatic rings. The lowest BCUT2D eigenvalue weighted by atomic mass is 9.96. The molecule has 5 unspecified atom stereocenters. The molecule has 2 heterocycles. The van der Waals surface area contributed by atoms with Crippen molar-refractivity contribution in [2.45, 2.75) is 70.1 Å². The van der Waals surface area contributed by atoms with Gasteiger partial charge in [-0.2, -0.15) is 0 Å². The van der Waals surface area contributed by atoms with Crippen LogP contribution in [0.2, 0.25) is 0 Å². The van der Waals surface area contributed by atoms with E-state index < -0.39 is 35.9 Å². The van der Waals surface area contributed by atoms with E-state index in [-0.39, 0.29) is 30.7 Å². The SMILES string of the molecule is CCC(C)C(NC(=O)C(Cc1ccccc1)NC(=O)C1CCCN1)C(=O)NC(Cc1c[nH]c2ccccc12)C(=O)O. The van der Waals surface area contributed by atoms with Gasteiger partial charge in [0.05, 0.1) is 6.04 Å². The highest BCUT2D eigenvalue weighted by molar-refractivity contribution is 5.94. The second-order valence-electron chi connectivity index (χ2n) is 10.7. The number of rotatable bonds is 13. The van der Waals surface area contributed by atoms with Gasteiger partial charge in [0.15, 0.2) is 0 Å². The zero-order valence-corrected chi connectivity index (χ0v) is 23.5. The van der Waals surface area contributed by atoms with Gasteiger partial charge in [-0.25, -0.2) is 4.79 Å². The Morgan fingerprint density at radius 2 is 1.66 bits per heavy atom. The number of carbonyl (C=O) groups excluding carboxylic acids is 3. The van der Waals surface area contributed by atoms with Crippen LogP contribution in [-0.4, -0.2) is 64.5 Å². The molecule has 10 heteroatoms. The first kappa shape index (κ1) is 29.8. The van der Waals surface area contributed by atoms with Crippen molar-refractivity contribution in [2.24, 2.45) is 5.92 Å². The van der Waals surface area contributed by atoms with Gasteiger partial charge in [0.25, 0.3) is 0 Å². The highest BCUT2D eigenvalue weighted by Gasteiger charge is 2.33. The number of aliphatic carboxylic acids is 1. The molecule has 1 aromatic heterocycles. The summed E-state index contributed by atoms with van der Waals surface area (Å²) in [6.07, 6.45) is 4.21. The van der Waals surface area contributed by atoms with Crippen molar-refractivity contribution in [3.05, 3.63) is 71.9 Å². The number of nitrogens with one attached hydrogen (secondary N) is 5. The fourth-order valence-electron chi connectivity index (χ4n) is 5.18. The van der Waals surface area contributed by atoms with Gasteiger partial charge < -0.3 is 31.4 Å². The third kappa shape index (κ3) is 7.73. The fourth-order valence-corrected chi connectivity index (χ4v) is 5.18. The molecule has 0 radical (unpaired) electrons. The van der Waals surface area contributed by atoms with Crippen LogP contribution in [0.25, 0.3) is 10.9 Å². The number of para-hydroxylation sites is 1. The van der Waals surface area contributed by atoms with Crippen molar-refractivity contribution >= 4 is 34.6 Å². The number of fused-ring (bicyclic) bond motifs is 1. The summed E-state index contributed by atoms with van der Waals surface area (Å²) in [6.45, 7) is 4.47. The quantitative estimate of drug-likeness (QED) is 0.188. The summed E-state index contributed by atoms with van der Waals surface area (Å²) in [7, 11) is 0. The molecule has 41 heavy (non-hydrogen) atoms. The van der Waals surface area contributed by atoms with Crippen LogP contribution in [0.1, 0.15) is 44.2 Å². The maximum atomic E-state index is 13.6. The van der Waals surface area contributed by atoms with E-state index in [1.807, 2.05) is 68.4 Å². The lowest BCUT2D eigenvalue weighted by Crippen LogP contribution is -2.59. The largest absolute Gasteiger partial charge is 0.480 e. The van der Waals surface area contributed by atoms with Gasteiger partial charge in [0, 0.05) is 29.9 Å². The van der Waals surface area contributed by atoms with Crippen molar-refractivity contribution in [3.63, 3.8) is 0 Å². The maximum absolute atomic E-state index is 13.6. The van der Waals surface area contributed by atoms with E-state index in [2.05, 4.69) is 26.3 Å². The highest BCUT2D eigenvalue weighted by Crippen LogP contribution is 2.20. The summed E-state index contributed by atoms with van der Waals surface area (Å²) in [6, 6.07) is 13.4. The number of amides is 3. The third-order valence-corrected chi connectivity index (χ3v) is 7.80. The zero-order valence-electron chi connectivity index (χ0n) is 23.5. The second-order valence-corrected chi connectivity index (χ2v) is 10.7. The number of H-pyrrole nitrogens is 1. The molecule has 1 fully saturated rings. The molecule has 0 bridgehead atoms. The lowest BCUT2D eigenvalue weighted by Gasteiger charge is -2.28. The van der Waals surface area contributed by atoms with Crippen LogP contribution in [0.15, 0.2) is 60.8 Å². The number of benzene rings is 2. The second kappa shape index (κ2) is 13.9. The number of hydrogen-bond acceptors (Lipinski definition) is 5. The average Bonchev–Trinajstić information content (AvgIpc) is 3.66. The minimum Gasteiger partial charge on any atom is -0.480 e. The predicted molar refractivity (Wildman–Crippen MR) is 156 cm³/mol. The first-order valence-corrected chi connectivity index (χ1v) is 14.2. The molecule has 3 aromatic rings. The third-order valence-electron chi connectivity index (χ3n) is 7.80. The van der Waals surface area contributed by atoms with Gasteiger partial charge in [-0.1, -0.05) is 68.8 Å². The Bertz CT molecular complexity index is 1350. The Morgan fingerprint density at radius 1 is 0.927 bits per heavy atom. The van der Waals surface area contributed by atoms with Crippen molar-refractivity contribution in [1.29, 1.82) is 0 Å². The molecular weight excluding hydrogens is 522 g/mol. The van der Waals surface area contributed by atoms with Gasteiger partial charge in [-0.05, 0) is 42.5 Å². The van der Waals surface area contributed by atoms with Crippen LogP contribution in [0, 0.1) is 5.92 Å². The Hall–Kier alpha value is -4.18. The summed E-state index contributed by atoms with van der Waals surface area (Å²) < 4.78 is 0. The molecule has 0 aliphatic carbocycles. The number of aromatic amines is 1. The van der Waals surface area contributed by atoms with E-state index in [0.29, 0.717) is 12.8 Å². The van der Waals surface area contributed by atoms with Crippen LogP contribution < -0.4 is 21.3 Å². The Balaban J connectivity index is 1.49. The first-order chi connectivity index (χ1) is 19.8. The highest BCUT2D eigenvalue weighted by atomic mass is 16.4. The maximum Gasteiger partial charge on any atom is 0.326 e. The Labute approximate surface area is 239 Å². The van der Waals surface area contributed by atoms with Crippen molar-refractivity contribution in [1.82, 2.24) is 26.3 Å². The van der Waals surface area contributed by atoms with E-state index in [0.717, 1.165) is 35.0 Å². The van der Waals surface area contributed by atoms with Gasteiger partial charge >= 0.3 is 5.97 Å². The van der Waals surface area contributed by atoms with E-state index in [1.165, 1.54) is 0 Å². The fraction of sp³-hybridized carbons (Fsp3) is 0.419. The van der Waals surface area contributed by atoms with Gasteiger partial charge in [0.2, 0.25) is 17.7 Å². The molecule has 5 atom stereocenters. The van der Waals surface area contributed by atoms with E-state index in [1.54, 1.807) is 6.20 Å². The zero-order chi connectivity index (χ0) is 29.4. The number of carboxylic acids is 1. The molecule has 1 saturated heterocycles. The monoisotopic (exact) mass is 561 g/mol. The molecule has 10 nitrogen and oxygen atoms in total. The summed E-state index contributed by atoms with van der Waals surface area (Å²) in [4.78, 5) is 55.3. The molecule has 3 amide bonds. The van der Waals surface area contributed by atoms with Crippen LogP contribution in [-0.2, 0) is 32.0 Å². The number of carbonyl (C=O) groups is 4. The van der Waals surface area contributed by atoms with Gasteiger partial charge in [-0.15, -0.1) is 0 Å². The molecule has 4 rings (SSSR count). The molecule has 218 valence electrons. The Morgan fingerprint density at radius 3 is 2.34 bits per heavy atom. The van der Waals surface area contributed by atoms with Crippen LogP contribution in [0.3, 0.4) is 0 Å². The van der Waals surface area contributed by atoms with E-state index >= 15 is 0 Å². The van der Waals surface area contributed by atoms with Crippen LogP contribution >= 0.6 is 0 Å². The standard InChI is InChI=1S/C31H39N5O5/c1-3-19(2)27(30(39)35-26(31(40)41)17-21-18-33-23-13-8-7-12-22(21)23)36-29(38)25(16-20-10-5-4-6-11-20)34-28(37)24-14-9-15-32-24/h4-8,10-13,18-19,24-27,32-33H,3,9,14-17H2,1-2H3,(H,34,37)(H,35,39)(H,36,38)(H,40,41). The van der Waals surface area contributed by atoms with Gasteiger partial charge in [-0.3, -0.25) is 14.4 Å². The predicted octanol–water partition coefficient (Wildman–Crippen LogP) is 2.29. The Kier molecular flexibility index (Phi) is 10.1. The molecule has 6 N–H and O–H groups in total. The first-order valence-electron chi connectivity index (χ1n) is 14.2. The van der Waals surface area contributed by atoms with E-state index in [9.17, 15) is 24.3 Å². The van der Waals surface area contributed by atoms with Crippen molar-refractivity contribution < 1.29 is 24.3 Å². The van der Waals surface area contributed by atoms with Crippen LogP contribution in [0.5, 0.6) is 0 Å². The summed E-state index contributed by atoms with van der Waals surface area (Å²) in [5.41, 5.74) is 2.51. The lowest BCUT2D eigenvalue weighted by molar-refractivity contribution is -0.142. The summed E-state index contributed by atoms with van der Waals surface area (Å²) >= 11 is 0. The average molecular weight is 562 g/mol. The summed E-state index contributed by atoms with van der Waals surface area (Å²) in [5, 5.41) is 22.3. The number of hydrogen-bond donors (Lipinski definition) is 6.